The third-order valence-electron chi connectivity index (χ3n) is 6.86. The van der Waals surface area contributed by atoms with Crippen molar-refractivity contribution in [2.75, 3.05) is 31.6 Å². The Kier molecular flexibility index (Phi) is 6.33. The Hall–Kier alpha value is -4.53. The molecule has 0 atom stereocenters. The van der Waals surface area contributed by atoms with E-state index in [0.717, 1.165) is 53.9 Å². The van der Waals surface area contributed by atoms with E-state index in [2.05, 4.69) is 15.6 Å². The molecule has 0 saturated carbocycles. The van der Waals surface area contributed by atoms with Crippen molar-refractivity contribution in [2.24, 2.45) is 0 Å². The fourth-order valence-electron chi connectivity index (χ4n) is 4.73. The fourth-order valence-corrected chi connectivity index (χ4v) is 4.73. The third kappa shape index (κ3) is 4.74. The van der Waals surface area contributed by atoms with E-state index in [4.69, 9.17) is 9.72 Å². The second kappa shape index (κ2) is 10.1. The number of amides is 3. The Labute approximate surface area is 218 Å². The van der Waals surface area contributed by atoms with Crippen molar-refractivity contribution < 1.29 is 18.7 Å². The number of nitrogens with zero attached hydrogens (tertiary/aromatic N) is 3. The third-order valence-corrected chi connectivity index (χ3v) is 6.86. The number of carbonyl (C=O) groups excluding carboxylic acids is 2. The molecule has 0 radical (unpaired) electrons. The number of benzene rings is 2. The Balaban J connectivity index is 1.18. The predicted octanol–water partition coefficient (Wildman–Crippen LogP) is 4.58. The molecular weight excluding hydrogens is 485 g/mol. The van der Waals surface area contributed by atoms with Crippen LogP contribution in [-0.2, 0) is 12.8 Å². The average molecular weight is 512 g/mol. The highest BCUT2D eigenvalue weighted by Gasteiger charge is 2.22. The first-order valence-corrected chi connectivity index (χ1v) is 12.7. The lowest BCUT2D eigenvalue weighted by molar-refractivity contribution is 0.0954. The van der Waals surface area contributed by atoms with E-state index < -0.39 is 0 Å². The van der Waals surface area contributed by atoms with Crippen LogP contribution in [0.1, 0.15) is 28.0 Å². The number of carbonyl (C=O) groups is 2. The van der Waals surface area contributed by atoms with E-state index in [1.54, 1.807) is 41.4 Å². The van der Waals surface area contributed by atoms with E-state index in [1.807, 2.05) is 12.1 Å². The first kappa shape index (κ1) is 23.8. The topological polar surface area (TPSA) is 96.4 Å². The molecule has 2 aliphatic rings. The minimum Gasteiger partial charge on any atom is -0.491 e. The molecule has 1 fully saturated rings. The van der Waals surface area contributed by atoms with Gasteiger partial charge in [-0.3, -0.25) is 9.78 Å². The van der Waals surface area contributed by atoms with Gasteiger partial charge in [0.25, 0.3) is 5.91 Å². The summed E-state index contributed by atoms with van der Waals surface area (Å²) in [4.78, 5) is 36.5. The molecule has 8 nitrogen and oxygen atoms in total. The van der Waals surface area contributed by atoms with Crippen LogP contribution in [0, 0.1) is 5.82 Å². The number of hydrogen-bond acceptors (Lipinski definition) is 5. The molecule has 4 heterocycles. The van der Waals surface area contributed by atoms with E-state index >= 15 is 0 Å². The molecule has 2 aromatic heterocycles. The normalized spacial score (nSPS) is 14.0. The van der Waals surface area contributed by atoms with Gasteiger partial charge in [-0.1, -0.05) is 6.07 Å². The van der Waals surface area contributed by atoms with Crippen LogP contribution >= 0.6 is 0 Å². The summed E-state index contributed by atoms with van der Waals surface area (Å²) in [5.74, 6) is 0.179. The highest BCUT2D eigenvalue weighted by molar-refractivity contribution is 6.05. The van der Waals surface area contributed by atoms with Gasteiger partial charge in [-0.05, 0) is 55.0 Å². The zero-order valence-corrected chi connectivity index (χ0v) is 20.7. The number of fused-ring (bicyclic) bond motifs is 2. The van der Waals surface area contributed by atoms with Crippen LogP contribution < -0.4 is 15.4 Å². The monoisotopic (exact) mass is 511 g/mol. The molecule has 0 spiro atoms. The predicted molar refractivity (Wildman–Crippen MR) is 142 cm³/mol. The first-order chi connectivity index (χ1) is 18.5. The number of urea groups is 1. The second-order valence-electron chi connectivity index (χ2n) is 9.43. The molecule has 4 aromatic rings. The number of likely N-dealkylation sites (tertiary alicyclic amines) is 1. The largest absolute Gasteiger partial charge is 0.491 e. The molecule has 192 valence electrons. The van der Waals surface area contributed by atoms with Gasteiger partial charge in [0.2, 0.25) is 0 Å². The Bertz CT molecular complexity index is 1540. The zero-order chi connectivity index (χ0) is 26.1. The van der Waals surface area contributed by atoms with Gasteiger partial charge in [-0.2, -0.15) is 0 Å². The lowest BCUT2D eigenvalue weighted by Gasteiger charge is -2.30. The Morgan fingerprint density at radius 1 is 1.08 bits per heavy atom. The molecule has 0 bridgehead atoms. The highest BCUT2D eigenvalue weighted by atomic mass is 19.1. The van der Waals surface area contributed by atoms with Gasteiger partial charge in [0.1, 0.15) is 17.3 Å². The molecule has 9 heteroatoms. The van der Waals surface area contributed by atoms with Crippen LogP contribution in [0.5, 0.6) is 5.75 Å². The van der Waals surface area contributed by atoms with Gasteiger partial charge in [0.15, 0.2) is 0 Å². The van der Waals surface area contributed by atoms with Crippen molar-refractivity contribution >= 4 is 28.5 Å². The van der Waals surface area contributed by atoms with Crippen LogP contribution in [0.15, 0.2) is 60.8 Å². The van der Waals surface area contributed by atoms with Crippen LogP contribution in [0.4, 0.5) is 14.9 Å². The van der Waals surface area contributed by atoms with Gasteiger partial charge in [-0.25, -0.2) is 14.2 Å². The SMILES string of the molecule is O=C(NCCc1cc2c(c(-c3ccc(F)cc3)n1)OCC2)c1cc(NC(=O)N2CCC2)c2ncccc2c1. The maximum absolute atomic E-state index is 13.4. The van der Waals surface area contributed by atoms with Crippen molar-refractivity contribution in [3.63, 3.8) is 0 Å². The van der Waals surface area contributed by atoms with Crippen LogP contribution in [-0.4, -0.2) is 53.0 Å². The van der Waals surface area contributed by atoms with E-state index in [0.29, 0.717) is 42.0 Å². The summed E-state index contributed by atoms with van der Waals surface area (Å²) in [5.41, 5.74) is 4.93. The van der Waals surface area contributed by atoms with Crippen molar-refractivity contribution in [3.05, 3.63) is 83.4 Å². The standard InChI is InChI=1S/C29H26FN5O3/c30-22-6-4-18(5-7-22)26-27-20(9-14-38-27)16-23(33-26)8-11-32-28(36)21-15-19-3-1-10-31-25(19)24(17-21)34-29(37)35-12-2-13-35/h1,3-7,10,15-17H,2,8-9,11-14H2,(H,32,36)(H,34,37). The maximum atomic E-state index is 13.4. The minimum atomic E-state index is -0.307. The molecule has 2 aliphatic heterocycles. The smallest absolute Gasteiger partial charge is 0.321 e. The first-order valence-electron chi connectivity index (χ1n) is 12.7. The number of ether oxygens (including phenoxy) is 1. The van der Waals surface area contributed by atoms with Gasteiger partial charge in [0, 0.05) is 66.4 Å². The molecule has 2 aromatic carbocycles. The number of nitrogens with one attached hydrogen (secondary N) is 2. The number of pyridine rings is 2. The summed E-state index contributed by atoms with van der Waals surface area (Å²) in [6.45, 7) is 2.40. The maximum Gasteiger partial charge on any atom is 0.321 e. The lowest BCUT2D eigenvalue weighted by Crippen LogP contribution is -2.44. The van der Waals surface area contributed by atoms with E-state index in [-0.39, 0.29) is 17.8 Å². The molecule has 6 rings (SSSR count). The van der Waals surface area contributed by atoms with Crippen LogP contribution in [0.2, 0.25) is 0 Å². The number of aromatic nitrogens is 2. The van der Waals surface area contributed by atoms with Crippen molar-refractivity contribution in [2.45, 2.75) is 19.3 Å². The summed E-state index contributed by atoms with van der Waals surface area (Å²) >= 11 is 0. The number of anilines is 1. The van der Waals surface area contributed by atoms with Crippen molar-refractivity contribution in [1.29, 1.82) is 0 Å². The molecular formula is C29H26FN5O3. The molecule has 0 aliphatic carbocycles. The Morgan fingerprint density at radius 2 is 1.92 bits per heavy atom. The number of rotatable bonds is 6. The molecule has 0 unspecified atom stereocenters. The van der Waals surface area contributed by atoms with Crippen LogP contribution in [0.3, 0.4) is 0 Å². The van der Waals surface area contributed by atoms with Crippen molar-refractivity contribution in [1.82, 2.24) is 20.2 Å². The summed E-state index contributed by atoms with van der Waals surface area (Å²) in [6, 6.07) is 15.1. The van der Waals surface area contributed by atoms with Gasteiger partial charge >= 0.3 is 6.03 Å². The number of halogens is 1. The zero-order valence-electron chi connectivity index (χ0n) is 20.7. The quantitative estimate of drug-likeness (QED) is 0.395. The summed E-state index contributed by atoms with van der Waals surface area (Å²) < 4.78 is 19.3. The molecule has 1 saturated heterocycles. The van der Waals surface area contributed by atoms with Crippen molar-refractivity contribution in [3.8, 4) is 17.0 Å². The van der Waals surface area contributed by atoms with Gasteiger partial charge in [0.05, 0.1) is 17.8 Å². The number of hydrogen-bond donors (Lipinski definition) is 2. The average Bonchev–Trinajstić information content (AvgIpc) is 3.36. The van der Waals surface area contributed by atoms with E-state index in [9.17, 15) is 14.0 Å². The highest BCUT2D eigenvalue weighted by Crippen LogP contribution is 2.36. The fraction of sp³-hybridized carbons (Fsp3) is 0.241. The van der Waals surface area contributed by atoms with E-state index in [1.165, 1.54) is 12.1 Å². The van der Waals surface area contributed by atoms with Crippen LogP contribution in [0.25, 0.3) is 22.2 Å². The molecule has 2 N–H and O–H groups in total. The summed E-state index contributed by atoms with van der Waals surface area (Å²) in [5, 5.41) is 6.65. The summed E-state index contributed by atoms with van der Waals surface area (Å²) in [6.07, 6.45) is 3.95. The molecule has 38 heavy (non-hydrogen) atoms. The second-order valence-corrected chi connectivity index (χ2v) is 9.43. The minimum absolute atomic E-state index is 0.190. The van der Waals surface area contributed by atoms with Gasteiger partial charge < -0.3 is 20.3 Å². The summed E-state index contributed by atoms with van der Waals surface area (Å²) in [7, 11) is 0. The van der Waals surface area contributed by atoms with Gasteiger partial charge in [-0.15, -0.1) is 0 Å². The molecule has 3 amide bonds. The Morgan fingerprint density at radius 3 is 2.71 bits per heavy atom. The lowest BCUT2D eigenvalue weighted by atomic mass is 10.0.